The molecule has 1 aromatic rings. The number of carbonyl (C=O) groups excluding carboxylic acids is 3. The SMILES string of the molecule is C=C(NCCCC)C(=O)[C@H](Cc1ccccc1)NC(=O)C(CC(C)C)NC(=O)OCCOC. The standard InChI is InChI=1S/C25H39N3O5/c1-6-7-13-26-19(4)23(29)21(17-20-11-9-8-10-12-20)27-24(30)22(16-18(2)3)28-25(31)33-15-14-32-5/h8-12,18,21-22,26H,4,6-7,13-17H2,1-3,5H3,(H,27,30)(H,28,31)/t21-,22?/m0/s1. The van der Waals surface area contributed by atoms with Crippen molar-refractivity contribution < 1.29 is 23.9 Å². The van der Waals surface area contributed by atoms with Gasteiger partial charge in [0, 0.05) is 20.1 Å². The van der Waals surface area contributed by atoms with Crippen molar-refractivity contribution in [1.29, 1.82) is 0 Å². The van der Waals surface area contributed by atoms with Crippen LogP contribution < -0.4 is 16.0 Å². The van der Waals surface area contributed by atoms with Gasteiger partial charge in [-0.05, 0) is 24.3 Å². The monoisotopic (exact) mass is 461 g/mol. The molecule has 0 bridgehead atoms. The Morgan fingerprint density at radius 3 is 2.33 bits per heavy atom. The second-order valence-corrected chi connectivity index (χ2v) is 8.33. The van der Waals surface area contributed by atoms with Crippen molar-refractivity contribution in [1.82, 2.24) is 16.0 Å². The van der Waals surface area contributed by atoms with Gasteiger partial charge in [-0.25, -0.2) is 4.79 Å². The fraction of sp³-hybridized carbons (Fsp3) is 0.560. The number of methoxy groups -OCH3 is 1. The molecule has 1 rings (SSSR count). The van der Waals surface area contributed by atoms with Crippen molar-refractivity contribution in [3.8, 4) is 0 Å². The van der Waals surface area contributed by atoms with E-state index in [1.54, 1.807) is 0 Å². The third-order valence-corrected chi connectivity index (χ3v) is 4.92. The summed E-state index contributed by atoms with van der Waals surface area (Å²) >= 11 is 0. The first kappa shape index (κ1) is 28.2. The van der Waals surface area contributed by atoms with Gasteiger partial charge in [-0.1, -0.05) is 64.1 Å². The van der Waals surface area contributed by atoms with Crippen LogP contribution in [0.2, 0.25) is 0 Å². The van der Waals surface area contributed by atoms with Crippen LogP contribution in [0, 0.1) is 5.92 Å². The number of ketones is 1. The molecule has 2 atom stereocenters. The number of carbonyl (C=O) groups is 3. The highest BCUT2D eigenvalue weighted by Gasteiger charge is 2.29. The number of benzene rings is 1. The number of amides is 2. The van der Waals surface area contributed by atoms with Crippen molar-refractivity contribution in [3.63, 3.8) is 0 Å². The van der Waals surface area contributed by atoms with E-state index >= 15 is 0 Å². The topological polar surface area (TPSA) is 106 Å². The average molecular weight is 462 g/mol. The zero-order valence-electron chi connectivity index (χ0n) is 20.3. The van der Waals surface area contributed by atoms with Crippen molar-refractivity contribution in [2.75, 3.05) is 26.9 Å². The van der Waals surface area contributed by atoms with Gasteiger partial charge >= 0.3 is 6.09 Å². The molecular weight excluding hydrogens is 422 g/mol. The molecular formula is C25H39N3O5. The van der Waals surface area contributed by atoms with Gasteiger partial charge in [0.25, 0.3) is 0 Å². The van der Waals surface area contributed by atoms with E-state index in [9.17, 15) is 14.4 Å². The third-order valence-electron chi connectivity index (χ3n) is 4.92. The van der Waals surface area contributed by atoms with E-state index in [1.165, 1.54) is 7.11 Å². The van der Waals surface area contributed by atoms with Gasteiger partial charge in [-0.2, -0.15) is 0 Å². The summed E-state index contributed by atoms with van der Waals surface area (Å²) in [4.78, 5) is 38.4. The molecule has 0 radical (unpaired) electrons. The van der Waals surface area contributed by atoms with Gasteiger partial charge < -0.3 is 25.4 Å². The first-order valence-corrected chi connectivity index (χ1v) is 11.5. The maximum atomic E-state index is 13.1. The number of unbranched alkanes of at least 4 members (excludes halogenated alkanes) is 1. The lowest BCUT2D eigenvalue weighted by atomic mass is 9.98. The molecule has 0 aliphatic heterocycles. The third kappa shape index (κ3) is 11.5. The number of ether oxygens (including phenoxy) is 2. The van der Waals surface area contributed by atoms with Crippen LogP contribution in [0.4, 0.5) is 4.79 Å². The van der Waals surface area contributed by atoms with E-state index < -0.39 is 24.1 Å². The number of Topliss-reactive ketones (excluding diaryl/α,β-unsaturated/α-hetero) is 1. The fourth-order valence-electron chi connectivity index (χ4n) is 3.15. The number of alkyl carbamates (subject to hydrolysis) is 1. The van der Waals surface area contributed by atoms with Gasteiger partial charge in [-0.3, -0.25) is 9.59 Å². The Hall–Kier alpha value is -2.87. The molecule has 2 amide bonds. The highest BCUT2D eigenvalue weighted by Crippen LogP contribution is 2.10. The second-order valence-electron chi connectivity index (χ2n) is 8.33. The largest absolute Gasteiger partial charge is 0.447 e. The molecule has 0 fully saturated rings. The zero-order chi connectivity index (χ0) is 24.6. The Kier molecular flexibility index (Phi) is 13.5. The van der Waals surface area contributed by atoms with Gasteiger partial charge in [-0.15, -0.1) is 0 Å². The highest BCUT2D eigenvalue weighted by atomic mass is 16.6. The maximum Gasteiger partial charge on any atom is 0.407 e. The van der Waals surface area contributed by atoms with Crippen molar-refractivity contribution >= 4 is 17.8 Å². The van der Waals surface area contributed by atoms with E-state index in [4.69, 9.17) is 9.47 Å². The molecule has 0 saturated carbocycles. The van der Waals surface area contributed by atoms with Crippen molar-refractivity contribution in [2.24, 2.45) is 5.92 Å². The Balaban J connectivity index is 2.95. The Labute approximate surface area is 197 Å². The van der Waals surface area contributed by atoms with E-state index in [0.29, 0.717) is 19.4 Å². The molecule has 0 heterocycles. The summed E-state index contributed by atoms with van der Waals surface area (Å²) in [7, 11) is 1.51. The summed E-state index contributed by atoms with van der Waals surface area (Å²) in [5.74, 6) is -0.591. The molecule has 0 aromatic heterocycles. The molecule has 8 heteroatoms. The molecule has 0 aliphatic carbocycles. The summed E-state index contributed by atoms with van der Waals surface area (Å²) in [5.41, 5.74) is 1.17. The minimum absolute atomic E-state index is 0.0801. The molecule has 33 heavy (non-hydrogen) atoms. The second kappa shape index (κ2) is 15.9. The summed E-state index contributed by atoms with van der Waals surface area (Å²) < 4.78 is 9.91. The van der Waals surface area contributed by atoms with Crippen LogP contribution in [0.3, 0.4) is 0 Å². The van der Waals surface area contributed by atoms with E-state index in [0.717, 1.165) is 18.4 Å². The summed E-state index contributed by atoms with van der Waals surface area (Å²) in [6.45, 7) is 10.8. The molecule has 1 aromatic carbocycles. The quantitative estimate of drug-likeness (QED) is 0.258. The van der Waals surface area contributed by atoms with Crippen LogP contribution in [0.5, 0.6) is 0 Å². The zero-order valence-corrected chi connectivity index (χ0v) is 20.3. The lowest BCUT2D eigenvalue weighted by molar-refractivity contribution is -0.128. The molecule has 1 unspecified atom stereocenters. The molecule has 184 valence electrons. The van der Waals surface area contributed by atoms with Gasteiger partial charge in [0.1, 0.15) is 12.6 Å². The normalized spacial score (nSPS) is 12.5. The Morgan fingerprint density at radius 1 is 1.03 bits per heavy atom. The highest BCUT2D eigenvalue weighted by molar-refractivity contribution is 6.01. The predicted octanol–water partition coefficient (Wildman–Crippen LogP) is 2.97. The lowest BCUT2D eigenvalue weighted by Gasteiger charge is -2.24. The molecule has 0 saturated heterocycles. The number of hydrogen-bond acceptors (Lipinski definition) is 6. The maximum absolute atomic E-state index is 13.1. The minimum atomic E-state index is -0.840. The summed E-state index contributed by atoms with van der Waals surface area (Å²) in [6, 6.07) is 7.79. The minimum Gasteiger partial charge on any atom is -0.447 e. The molecule has 3 N–H and O–H groups in total. The first-order valence-electron chi connectivity index (χ1n) is 11.5. The average Bonchev–Trinajstić information content (AvgIpc) is 2.78. The molecule has 8 nitrogen and oxygen atoms in total. The van der Waals surface area contributed by atoms with Crippen LogP contribution >= 0.6 is 0 Å². The lowest BCUT2D eigenvalue weighted by Crippen LogP contribution is -2.53. The Morgan fingerprint density at radius 2 is 1.73 bits per heavy atom. The first-order chi connectivity index (χ1) is 15.8. The number of nitrogens with one attached hydrogen (secondary N) is 3. The van der Waals surface area contributed by atoms with Crippen molar-refractivity contribution in [3.05, 3.63) is 48.2 Å². The van der Waals surface area contributed by atoms with Gasteiger partial charge in [0.2, 0.25) is 11.7 Å². The van der Waals surface area contributed by atoms with E-state index in [2.05, 4.69) is 29.5 Å². The van der Waals surface area contributed by atoms with Gasteiger partial charge in [0.05, 0.1) is 18.3 Å². The van der Waals surface area contributed by atoms with E-state index in [-0.39, 0.29) is 30.6 Å². The summed E-state index contributed by atoms with van der Waals surface area (Å²) in [6.07, 6.45) is 1.90. The van der Waals surface area contributed by atoms with Crippen LogP contribution in [0.25, 0.3) is 0 Å². The number of hydrogen-bond donors (Lipinski definition) is 3. The predicted molar refractivity (Wildman–Crippen MR) is 129 cm³/mol. The van der Waals surface area contributed by atoms with Gasteiger partial charge in [0.15, 0.2) is 0 Å². The molecule has 0 aliphatic rings. The fourth-order valence-corrected chi connectivity index (χ4v) is 3.15. The number of rotatable bonds is 16. The smallest absolute Gasteiger partial charge is 0.407 e. The van der Waals surface area contributed by atoms with Crippen molar-refractivity contribution in [2.45, 2.75) is 58.5 Å². The van der Waals surface area contributed by atoms with Crippen LogP contribution in [-0.2, 0) is 25.5 Å². The van der Waals surface area contributed by atoms with Crippen LogP contribution in [0.1, 0.15) is 45.6 Å². The summed E-state index contributed by atoms with van der Waals surface area (Å²) in [5, 5.41) is 8.49. The van der Waals surface area contributed by atoms with Crippen LogP contribution in [0.15, 0.2) is 42.6 Å². The van der Waals surface area contributed by atoms with E-state index in [1.807, 2.05) is 44.2 Å². The van der Waals surface area contributed by atoms with Crippen LogP contribution in [-0.4, -0.2) is 56.7 Å². The Bertz CT molecular complexity index is 752. The molecule has 0 spiro atoms.